The molecule has 0 unspecified atom stereocenters. The number of benzene rings is 2. The third-order valence-corrected chi connectivity index (χ3v) is 5.58. The van der Waals surface area contributed by atoms with E-state index in [2.05, 4.69) is 5.32 Å². The summed E-state index contributed by atoms with van der Waals surface area (Å²) in [7, 11) is -1.54. The molecule has 0 spiro atoms. The second-order valence-electron chi connectivity index (χ2n) is 7.65. The molecule has 2 aromatic rings. The number of hydrogen-bond donors (Lipinski definition) is 3. The summed E-state index contributed by atoms with van der Waals surface area (Å²) in [5.74, 6) is -1.24. The van der Waals surface area contributed by atoms with E-state index in [0.717, 1.165) is 12.1 Å². The lowest BCUT2D eigenvalue weighted by molar-refractivity contribution is -0.260. The first-order valence-corrected chi connectivity index (χ1v) is 11.5. The van der Waals surface area contributed by atoms with Crippen LogP contribution in [0.1, 0.15) is 22.3 Å². The monoisotopic (exact) mass is 550 g/mol. The fourth-order valence-corrected chi connectivity index (χ4v) is 3.55. The van der Waals surface area contributed by atoms with E-state index in [-0.39, 0.29) is 6.07 Å². The minimum absolute atomic E-state index is 0.103. The summed E-state index contributed by atoms with van der Waals surface area (Å²) in [5, 5.41) is 14.5. The molecule has 2 atom stereocenters. The second kappa shape index (κ2) is 10.7. The average Bonchev–Trinajstić information content (AvgIpc) is 2.74. The molecule has 0 aliphatic rings. The van der Waals surface area contributed by atoms with E-state index in [1.165, 1.54) is 6.26 Å². The Hall–Kier alpha value is -2.81. The van der Waals surface area contributed by atoms with Gasteiger partial charge >= 0.3 is 18.5 Å². The quantitative estimate of drug-likeness (QED) is 0.421. The molecule has 0 saturated carbocycles. The Balaban J connectivity index is 2.35. The maximum absolute atomic E-state index is 13.7. The van der Waals surface area contributed by atoms with Gasteiger partial charge in [-0.15, -0.1) is 0 Å². The summed E-state index contributed by atoms with van der Waals surface area (Å²) in [6, 6.07) is 4.12. The van der Waals surface area contributed by atoms with Crippen molar-refractivity contribution in [1.82, 2.24) is 5.32 Å². The van der Waals surface area contributed by atoms with Crippen LogP contribution in [0.5, 0.6) is 0 Å². The van der Waals surface area contributed by atoms with Crippen LogP contribution in [0.4, 0.5) is 45.2 Å². The SMILES string of the molecule is C[S@@](=O)CC(=O)NCc1ccc(NC[C@](O)(c2cccc(C(F)(F)F)c2)C(F)(F)F)cc1C(F)(F)F. The highest BCUT2D eigenvalue weighted by Crippen LogP contribution is 2.41. The Kier molecular flexibility index (Phi) is 8.71. The molecule has 3 N–H and O–H groups in total. The molecule has 0 aliphatic heterocycles. The van der Waals surface area contributed by atoms with Crippen molar-refractivity contribution < 1.29 is 53.6 Å². The Labute approximate surface area is 201 Å². The lowest BCUT2D eigenvalue weighted by atomic mass is 9.91. The van der Waals surface area contributed by atoms with E-state index < -0.39 is 87.6 Å². The van der Waals surface area contributed by atoms with Crippen LogP contribution in [0.3, 0.4) is 0 Å². The molecule has 5 nitrogen and oxygen atoms in total. The van der Waals surface area contributed by atoms with Crippen molar-refractivity contribution in [2.24, 2.45) is 0 Å². The van der Waals surface area contributed by atoms with E-state index >= 15 is 0 Å². The standard InChI is InChI=1S/C21H19F9N2O3S/c1-36(35)10-17(33)31-9-12-5-6-15(8-16(12)20(25,26)27)32-11-18(34,21(28,29)30)13-3-2-4-14(7-13)19(22,23)24/h2-8,32,34H,9-11H2,1H3,(H,31,33)/t18-,36+/m0/s1. The molecule has 0 aliphatic carbocycles. The van der Waals surface area contributed by atoms with Crippen LogP contribution in [0, 0.1) is 0 Å². The Morgan fingerprint density at radius 3 is 2.06 bits per heavy atom. The molecule has 200 valence electrons. The average molecular weight is 550 g/mol. The summed E-state index contributed by atoms with van der Waals surface area (Å²) in [4.78, 5) is 11.6. The molecule has 15 heteroatoms. The third kappa shape index (κ3) is 7.35. The number of nitrogens with one attached hydrogen (secondary N) is 2. The molecule has 0 radical (unpaired) electrons. The highest BCUT2D eigenvalue weighted by Gasteiger charge is 2.55. The second-order valence-corrected chi connectivity index (χ2v) is 9.09. The van der Waals surface area contributed by atoms with Gasteiger partial charge in [-0.2, -0.15) is 39.5 Å². The fourth-order valence-electron chi connectivity index (χ4n) is 3.08. The predicted octanol–water partition coefficient (Wildman–Crippen LogP) is 4.58. The molecule has 1 amide bonds. The van der Waals surface area contributed by atoms with Crippen molar-refractivity contribution in [3.05, 3.63) is 64.7 Å². The van der Waals surface area contributed by atoms with Crippen LogP contribution in [-0.4, -0.2) is 40.0 Å². The summed E-state index contributed by atoms with van der Waals surface area (Å²) in [5.41, 5.74) is -8.80. The van der Waals surface area contributed by atoms with Crippen molar-refractivity contribution in [1.29, 1.82) is 0 Å². The van der Waals surface area contributed by atoms with E-state index in [1.54, 1.807) is 0 Å². The minimum atomic E-state index is -5.50. The minimum Gasteiger partial charge on any atom is -0.381 e. The van der Waals surface area contributed by atoms with Crippen molar-refractivity contribution in [2.45, 2.75) is 30.7 Å². The Morgan fingerprint density at radius 1 is 0.917 bits per heavy atom. The zero-order chi connectivity index (χ0) is 27.5. The van der Waals surface area contributed by atoms with Crippen LogP contribution in [0.25, 0.3) is 0 Å². The summed E-state index contributed by atoms with van der Waals surface area (Å²) < 4.78 is 132. The largest absolute Gasteiger partial charge is 0.423 e. The van der Waals surface area contributed by atoms with Gasteiger partial charge in [0, 0.05) is 29.3 Å². The molecular formula is C21H19F9N2O3S. The van der Waals surface area contributed by atoms with Crippen molar-refractivity contribution in [3.8, 4) is 0 Å². The lowest BCUT2D eigenvalue weighted by Crippen LogP contribution is -2.48. The number of hydrogen-bond acceptors (Lipinski definition) is 4. The predicted molar refractivity (Wildman–Crippen MR) is 112 cm³/mol. The van der Waals surface area contributed by atoms with Gasteiger partial charge in [0.1, 0.15) is 5.75 Å². The molecule has 0 saturated heterocycles. The van der Waals surface area contributed by atoms with Crippen molar-refractivity contribution >= 4 is 22.4 Å². The fraction of sp³-hybridized carbons (Fsp3) is 0.381. The first-order chi connectivity index (χ1) is 16.3. The number of amides is 1. The van der Waals surface area contributed by atoms with Crippen LogP contribution in [0.2, 0.25) is 0 Å². The number of anilines is 1. The van der Waals surface area contributed by atoms with Gasteiger partial charge in [-0.1, -0.05) is 18.2 Å². The lowest BCUT2D eigenvalue weighted by Gasteiger charge is -2.32. The van der Waals surface area contributed by atoms with Gasteiger partial charge in [-0.3, -0.25) is 9.00 Å². The van der Waals surface area contributed by atoms with E-state index in [0.29, 0.717) is 24.3 Å². The number of halogens is 9. The zero-order valence-corrected chi connectivity index (χ0v) is 19.1. The van der Waals surface area contributed by atoms with Crippen molar-refractivity contribution in [2.75, 3.05) is 23.9 Å². The first kappa shape index (κ1) is 29.4. The maximum atomic E-state index is 13.7. The molecular weight excluding hydrogens is 531 g/mol. The molecule has 2 aromatic carbocycles. The first-order valence-electron chi connectivity index (χ1n) is 9.82. The van der Waals surface area contributed by atoms with Gasteiger partial charge in [0.15, 0.2) is 0 Å². The summed E-state index contributed by atoms with van der Waals surface area (Å²) in [6.07, 6.45) is -14.3. The number of rotatable bonds is 8. The third-order valence-electron chi connectivity index (χ3n) is 4.91. The smallest absolute Gasteiger partial charge is 0.381 e. The highest BCUT2D eigenvalue weighted by molar-refractivity contribution is 7.85. The summed E-state index contributed by atoms with van der Waals surface area (Å²) in [6.45, 7) is -2.13. The van der Waals surface area contributed by atoms with Crippen LogP contribution in [-0.2, 0) is 40.1 Å². The topological polar surface area (TPSA) is 78.4 Å². The van der Waals surface area contributed by atoms with Crippen LogP contribution >= 0.6 is 0 Å². The van der Waals surface area contributed by atoms with Crippen LogP contribution < -0.4 is 10.6 Å². The number of carbonyl (C=O) groups is 1. The number of alkyl halides is 9. The molecule has 0 bridgehead atoms. The zero-order valence-electron chi connectivity index (χ0n) is 18.2. The van der Waals surface area contributed by atoms with Gasteiger partial charge < -0.3 is 15.7 Å². The number of carbonyl (C=O) groups excluding carboxylic acids is 1. The van der Waals surface area contributed by atoms with Gasteiger partial charge in [-0.25, -0.2) is 0 Å². The summed E-state index contributed by atoms with van der Waals surface area (Å²) >= 11 is 0. The molecule has 36 heavy (non-hydrogen) atoms. The van der Waals surface area contributed by atoms with Crippen LogP contribution in [0.15, 0.2) is 42.5 Å². The highest BCUT2D eigenvalue weighted by atomic mass is 32.2. The van der Waals surface area contributed by atoms with Gasteiger partial charge in [0.25, 0.3) is 0 Å². The Bertz CT molecular complexity index is 1120. The van der Waals surface area contributed by atoms with E-state index in [4.69, 9.17) is 0 Å². The van der Waals surface area contributed by atoms with E-state index in [9.17, 15) is 53.6 Å². The molecule has 0 aromatic heterocycles. The Morgan fingerprint density at radius 2 is 1.53 bits per heavy atom. The molecule has 0 fully saturated rings. The van der Waals surface area contributed by atoms with E-state index in [1.807, 2.05) is 5.32 Å². The maximum Gasteiger partial charge on any atom is 0.423 e. The molecule has 0 heterocycles. The number of aliphatic hydroxyl groups is 1. The van der Waals surface area contributed by atoms with Gasteiger partial charge in [0.2, 0.25) is 11.5 Å². The normalized spacial score (nSPS) is 15.2. The molecule has 2 rings (SSSR count). The van der Waals surface area contributed by atoms with Crippen molar-refractivity contribution in [3.63, 3.8) is 0 Å². The van der Waals surface area contributed by atoms with Gasteiger partial charge in [-0.05, 0) is 35.4 Å². The van der Waals surface area contributed by atoms with Gasteiger partial charge in [0.05, 0.1) is 17.7 Å².